The Kier molecular flexibility index (Phi) is 6.50. The second kappa shape index (κ2) is 9.16. The van der Waals surface area contributed by atoms with Crippen LogP contribution in [0.3, 0.4) is 0 Å². The van der Waals surface area contributed by atoms with Crippen molar-refractivity contribution in [3.8, 4) is 0 Å². The average molecular weight is 482 g/mol. The van der Waals surface area contributed by atoms with Crippen LogP contribution in [-0.2, 0) is 14.8 Å². The minimum atomic E-state index is -4.01. The summed E-state index contributed by atoms with van der Waals surface area (Å²) in [6, 6.07) is 10.6. The van der Waals surface area contributed by atoms with Gasteiger partial charge in [-0.3, -0.25) is 9.59 Å². The minimum absolute atomic E-state index is 0.0273. The molecule has 2 amide bonds. The topological polar surface area (TPSA) is 78.0 Å². The molecule has 170 valence electrons. The van der Waals surface area contributed by atoms with Crippen LogP contribution in [0, 0.1) is 11.6 Å². The molecule has 0 saturated carbocycles. The summed E-state index contributed by atoms with van der Waals surface area (Å²) >= 11 is 1.50. The Morgan fingerprint density at radius 3 is 2.28 bits per heavy atom. The number of carbonyl (C=O) groups excluding carboxylic acids is 2. The fraction of sp³-hybridized carbons (Fsp3) is 0.333. The fourth-order valence-corrected chi connectivity index (χ4v) is 6.32. The summed E-state index contributed by atoms with van der Waals surface area (Å²) in [5, 5.41) is 0. The molecule has 0 radical (unpaired) electrons. The molecule has 11 heteroatoms. The van der Waals surface area contributed by atoms with Crippen LogP contribution >= 0.6 is 11.8 Å². The second-order valence-corrected chi connectivity index (χ2v) is 10.4. The van der Waals surface area contributed by atoms with Crippen molar-refractivity contribution in [1.29, 1.82) is 0 Å². The molecule has 32 heavy (non-hydrogen) atoms. The van der Waals surface area contributed by atoms with Gasteiger partial charge in [-0.2, -0.15) is 4.31 Å². The Balaban J connectivity index is 1.42. The molecule has 2 aromatic rings. The van der Waals surface area contributed by atoms with E-state index < -0.39 is 27.7 Å². The Morgan fingerprint density at radius 1 is 0.938 bits per heavy atom. The standard InChI is InChI=1S/C21H21F2N3O4S2/c22-17-7-6-16(12-18(17)23)32(29,30)25-10-8-24(9-11-25)21(28)19-13-31-14-26(19)20(27)15-4-2-1-3-5-15/h1-7,12,19H,8-11,13-14H2/t19-/m0/s1. The zero-order chi connectivity index (χ0) is 22.9. The summed E-state index contributed by atoms with van der Waals surface area (Å²) in [6.45, 7) is 0.353. The van der Waals surface area contributed by atoms with E-state index in [0.29, 0.717) is 23.3 Å². The molecule has 2 aliphatic rings. The van der Waals surface area contributed by atoms with E-state index in [9.17, 15) is 26.8 Å². The highest BCUT2D eigenvalue weighted by molar-refractivity contribution is 7.99. The average Bonchev–Trinajstić information content (AvgIpc) is 3.30. The lowest BCUT2D eigenvalue weighted by atomic mass is 10.1. The molecule has 7 nitrogen and oxygen atoms in total. The van der Waals surface area contributed by atoms with E-state index >= 15 is 0 Å². The van der Waals surface area contributed by atoms with Gasteiger partial charge < -0.3 is 9.80 Å². The first-order valence-electron chi connectivity index (χ1n) is 9.97. The predicted octanol–water partition coefficient (Wildman–Crippen LogP) is 2.01. The van der Waals surface area contributed by atoms with Gasteiger partial charge in [0.1, 0.15) is 6.04 Å². The largest absolute Gasteiger partial charge is 0.338 e. The molecule has 0 spiro atoms. The van der Waals surface area contributed by atoms with Crippen molar-refractivity contribution in [2.24, 2.45) is 0 Å². The maximum atomic E-state index is 13.5. The van der Waals surface area contributed by atoms with Crippen LogP contribution in [0.1, 0.15) is 10.4 Å². The third-order valence-electron chi connectivity index (χ3n) is 5.53. The van der Waals surface area contributed by atoms with E-state index in [4.69, 9.17) is 0 Å². The molecule has 0 aromatic heterocycles. The van der Waals surface area contributed by atoms with Crippen molar-refractivity contribution >= 4 is 33.6 Å². The van der Waals surface area contributed by atoms with Crippen molar-refractivity contribution in [3.05, 3.63) is 65.7 Å². The number of amides is 2. The molecule has 2 saturated heterocycles. The molecule has 2 aliphatic heterocycles. The Hall–Kier alpha value is -2.50. The van der Waals surface area contributed by atoms with Gasteiger partial charge in [0.15, 0.2) is 11.6 Å². The van der Waals surface area contributed by atoms with Crippen molar-refractivity contribution in [2.75, 3.05) is 37.8 Å². The van der Waals surface area contributed by atoms with Gasteiger partial charge in [-0.15, -0.1) is 11.8 Å². The molecule has 4 rings (SSSR count). The molecule has 0 unspecified atom stereocenters. The quantitative estimate of drug-likeness (QED) is 0.668. The van der Waals surface area contributed by atoms with Gasteiger partial charge in [-0.1, -0.05) is 18.2 Å². The molecule has 2 fully saturated rings. The molecule has 0 N–H and O–H groups in total. The first kappa shape index (κ1) is 22.7. The fourth-order valence-electron chi connectivity index (χ4n) is 3.74. The van der Waals surface area contributed by atoms with E-state index in [0.717, 1.165) is 16.4 Å². The molecule has 2 aromatic carbocycles. The Labute approximate surface area is 189 Å². The zero-order valence-corrected chi connectivity index (χ0v) is 18.6. The van der Waals surface area contributed by atoms with Crippen LogP contribution in [0.2, 0.25) is 0 Å². The monoisotopic (exact) mass is 481 g/mol. The number of thioether (sulfide) groups is 1. The minimum Gasteiger partial charge on any atom is -0.338 e. The summed E-state index contributed by atoms with van der Waals surface area (Å²) in [5.74, 6) is -1.90. The number of rotatable bonds is 4. The highest BCUT2D eigenvalue weighted by Crippen LogP contribution is 2.26. The van der Waals surface area contributed by atoms with Crippen LogP contribution in [0.15, 0.2) is 53.4 Å². The van der Waals surface area contributed by atoms with Crippen molar-refractivity contribution < 1.29 is 26.8 Å². The lowest BCUT2D eigenvalue weighted by molar-refractivity contribution is -0.136. The highest BCUT2D eigenvalue weighted by atomic mass is 32.2. The number of hydrogen-bond acceptors (Lipinski definition) is 5. The van der Waals surface area contributed by atoms with E-state index in [2.05, 4.69) is 0 Å². The number of sulfonamides is 1. The van der Waals surface area contributed by atoms with Gasteiger partial charge in [-0.05, 0) is 30.3 Å². The number of nitrogens with zero attached hydrogens (tertiary/aromatic N) is 3. The summed E-state index contributed by atoms with van der Waals surface area (Å²) in [5.41, 5.74) is 0.509. The molecule has 0 aliphatic carbocycles. The van der Waals surface area contributed by atoms with Crippen LogP contribution in [0.4, 0.5) is 8.78 Å². The van der Waals surface area contributed by atoms with E-state index in [1.165, 1.54) is 11.8 Å². The van der Waals surface area contributed by atoms with Gasteiger partial charge in [0.05, 0.1) is 10.8 Å². The summed E-state index contributed by atoms with van der Waals surface area (Å²) in [4.78, 5) is 28.7. The third kappa shape index (κ3) is 4.37. The lowest BCUT2D eigenvalue weighted by Gasteiger charge is -2.36. The maximum absolute atomic E-state index is 13.5. The number of carbonyl (C=O) groups is 2. The Morgan fingerprint density at radius 2 is 1.62 bits per heavy atom. The van der Waals surface area contributed by atoms with Crippen molar-refractivity contribution in [2.45, 2.75) is 10.9 Å². The molecule has 1 atom stereocenters. The highest BCUT2D eigenvalue weighted by Gasteiger charge is 2.39. The number of piperazine rings is 1. The second-order valence-electron chi connectivity index (χ2n) is 7.46. The summed E-state index contributed by atoms with van der Waals surface area (Å²) in [7, 11) is -4.01. The summed E-state index contributed by atoms with van der Waals surface area (Å²) in [6.07, 6.45) is 0. The molecular weight excluding hydrogens is 460 g/mol. The molecule has 0 bridgehead atoms. The van der Waals surface area contributed by atoms with E-state index in [1.54, 1.807) is 34.1 Å². The van der Waals surface area contributed by atoms with Crippen LogP contribution in [0.25, 0.3) is 0 Å². The maximum Gasteiger partial charge on any atom is 0.255 e. The first-order chi connectivity index (χ1) is 15.3. The lowest BCUT2D eigenvalue weighted by Crippen LogP contribution is -2.55. The number of hydrogen-bond donors (Lipinski definition) is 0. The normalized spacial score (nSPS) is 19.9. The predicted molar refractivity (Wildman–Crippen MR) is 115 cm³/mol. The van der Waals surface area contributed by atoms with Crippen molar-refractivity contribution in [3.63, 3.8) is 0 Å². The number of halogens is 2. The van der Waals surface area contributed by atoms with Crippen LogP contribution < -0.4 is 0 Å². The first-order valence-corrected chi connectivity index (χ1v) is 12.6. The third-order valence-corrected chi connectivity index (χ3v) is 8.43. The zero-order valence-electron chi connectivity index (χ0n) is 17.0. The van der Waals surface area contributed by atoms with Gasteiger partial charge in [-0.25, -0.2) is 17.2 Å². The van der Waals surface area contributed by atoms with Gasteiger partial charge in [0, 0.05) is 37.5 Å². The smallest absolute Gasteiger partial charge is 0.255 e. The van der Waals surface area contributed by atoms with E-state index in [-0.39, 0.29) is 42.9 Å². The van der Waals surface area contributed by atoms with Crippen LogP contribution in [0.5, 0.6) is 0 Å². The van der Waals surface area contributed by atoms with Crippen LogP contribution in [-0.4, -0.2) is 78.2 Å². The Bertz CT molecular complexity index is 1120. The molecular formula is C21H21F2N3O4S2. The van der Waals surface area contributed by atoms with Gasteiger partial charge in [0.2, 0.25) is 15.9 Å². The SMILES string of the molecule is O=C([C@@H]1CSCN1C(=O)c1ccccc1)N1CCN(S(=O)(=O)c2ccc(F)c(F)c2)CC1. The van der Waals surface area contributed by atoms with Gasteiger partial charge >= 0.3 is 0 Å². The van der Waals surface area contributed by atoms with Gasteiger partial charge in [0.25, 0.3) is 5.91 Å². The molecule has 2 heterocycles. The number of benzene rings is 2. The van der Waals surface area contributed by atoms with Crippen molar-refractivity contribution in [1.82, 2.24) is 14.1 Å². The summed E-state index contributed by atoms with van der Waals surface area (Å²) < 4.78 is 53.3. The van der Waals surface area contributed by atoms with E-state index in [1.807, 2.05) is 6.07 Å².